The second kappa shape index (κ2) is 10.9. The number of anilines is 1. The molecule has 0 spiro atoms. The number of nitrogens with zero attached hydrogens (tertiary/aromatic N) is 1. The molecule has 0 fully saturated rings. The lowest BCUT2D eigenvalue weighted by Crippen LogP contribution is -2.42. The van der Waals surface area contributed by atoms with Crippen LogP contribution in [0.5, 0.6) is 11.5 Å². The van der Waals surface area contributed by atoms with Gasteiger partial charge in [-0.3, -0.25) is 4.79 Å². The highest BCUT2D eigenvalue weighted by atomic mass is 35.5. The van der Waals surface area contributed by atoms with Crippen molar-refractivity contribution in [3.63, 3.8) is 0 Å². The third-order valence-corrected chi connectivity index (χ3v) is 4.89. The van der Waals surface area contributed by atoms with Gasteiger partial charge in [0.25, 0.3) is 5.91 Å². The number of carbonyl (C=O) groups excluding carboxylic acids is 2. The van der Waals surface area contributed by atoms with E-state index in [0.717, 1.165) is 55.6 Å². The standard InChI is InChI=1S/C23H15ClF6N2O4/c1-35-11-32(21(33)20-15(25)3-2-4-16(20)26)22(34)31-18-7-6-13(10-17(18)27)36-19-8-5-12(9-14(19)24)23(28,29)30/h2-10H,11H2,1H3,(H,31,34). The highest BCUT2D eigenvalue weighted by Gasteiger charge is 2.31. The maximum absolute atomic E-state index is 14.6. The van der Waals surface area contributed by atoms with Crippen LogP contribution in [0.1, 0.15) is 15.9 Å². The number of nitrogens with one attached hydrogen (secondary N) is 1. The van der Waals surface area contributed by atoms with E-state index in [1.807, 2.05) is 0 Å². The Bertz CT molecular complexity index is 1280. The molecule has 36 heavy (non-hydrogen) atoms. The minimum atomic E-state index is -4.62. The first-order valence-corrected chi connectivity index (χ1v) is 10.2. The summed E-state index contributed by atoms with van der Waals surface area (Å²) in [6, 6.07) is 6.71. The number of methoxy groups -OCH3 is 1. The summed E-state index contributed by atoms with van der Waals surface area (Å²) >= 11 is 5.81. The predicted octanol–water partition coefficient (Wildman–Crippen LogP) is 6.85. The first-order chi connectivity index (χ1) is 16.9. The Morgan fingerprint density at radius 2 is 1.64 bits per heavy atom. The first kappa shape index (κ1) is 26.8. The number of imide groups is 1. The average Bonchev–Trinajstić information content (AvgIpc) is 2.79. The molecule has 13 heteroatoms. The summed E-state index contributed by atoms with van der Waals surface area (Å²) in [6.45, 7) is -0.715. The second-order valence-corrected chi connectivity index (χ2v) is 7.47. The third kappa shape index (κ3) is 6.07. The van der Waals surface area contributed by atoms with Crippen molar-refractivity contribution < 1.29 is 45.4 Å². The minimum absolute atomic E-state index is 0.176. The van der Waals surface area contributed by atoms with Gasteiger partial charge in [0.2, 0.25) is 0 Å². The molecular formula is C23H15ClF6N2O4. The molecule has 0 saturated heterocycles. The van der Waals surface area contributed by atoms with E-state index in [4.69, 9.17) is 21.1 Å². The second-order valence-electron chi connectivity index (χ2n) is 7.06. The van der Waals surface area contributed by atoms with Gasteiger partial charge in [-0.25, -0.2) is 22.9 Å². The van der Waals surface area contributed by atoms with Crippen LogP contribution in [0.3, 0.4) is 0 Å². The minimum Gasteiger partial charge on any atom is -0.456 e. The molecule has 0 aliphatic heterocycles. The fourth-order valence-electron chi connectivity index (χ4n) is 2.91. The van der Waals surface area contributed by atoms with Crippen LogP contribution in [-0.4, -0.2) is 30.7 Å². The van der Waals surface area contributed by atoms with Gasteiger partial charge in [-0.1, -0.05) is 17.7 Å². The Labute approximate surface area is 205 Å². The molecule has 0 saturated carbocycles. The highest BCUT2D eigenvalue weighted by Crippen LogP contribution is 2.37. The van der Waals surface area contributed by atoms with E-state index in [1.165, 1.54) is 0 Å². The Morgan fingerprint density at radius 1 is 0.972 bits per heavy atom. The Morgan fingerprint density at radius 3 is 2.19 bits per heavy atom. The summed E-state index contributed by atoms with van der Waals surface area (Å²) in [5.74, 6) is -5.24. The van der Waals surface area contributed by atoms with E-state index >= 15 is 0 Å². The summed E-state index contributed by atoms with van der Waals surface area (Å²) < 4.78 is 90.9. The van der Waals surface area contributed by atoms with E-state index in [1.54, 1.807) is 0 Å². The smallest absolute Gasteiger partial charge is 0.416 e. The first-order valence-electron chi connectivity index (χ1n) is 9.82. The van der Waals surface area contributed by atoms with E-state index < -0.39 is 59.1 Å². The van der Waals surface area contributed by atoms with Gasteiger partial charge < -0.3 is 14.8 Å². The summed E-state index contributed by atoms with van der Waals surface area (Å²) in [5.41, 5.74) is -2.47. The van der Waals surface area contributed by atoms with Crippen LogP contribution in [0, 0.1) is 17.5 Å². The maximum Gasteiger partial charge on any atom is 0.416 e. The molecular weight excluding hydrogens is 518 g/mol. The Balaban J connectivity index is 1.78. The molecule has 6 nitrogen and oxygen atoms in total. The number of ether oxygens (including phenoxy) is 2. The largest absolute Gasteiger partial charge is 0.456 e. The maximum atomic E-state index is 14.6. The van der Waals surface area contributed by atoms with Crippen molar-refractivity contribution in [3.05, 3.63) is 88.2 Å². The Hall–Kier alpha value is -3.77. The van der Waals surface area contributed by atoms with Gasteiger partial charge in [0.05, 0.1) is 16.3 Å². The normalized spacial score (nSPS) is 11.2. The van der Waals surface area contributed by atoms with Crippen molar-refractivity contribution in [2.45, 2.75) is 6.18 Å². The SMILES string of the molecule is COCN(C(=O)Nc1ccc(Oc2ccc(C(F)(F)F)cc2Cl)cc1F)C(=O)c1c(F)cccc1F. The highest BCUT2D eigenvalue weighted by molar-refractivity contribution is 6.32. The van der Waals surface area contributed by atoms with Crippen molar-refractivity contribution in [1.29, 1.82) is 0 Å². The lowest BCUT2D eigenvalue weighted by atomic mass is 10.1. The summed E-state index contributed by atoms with van der Waals surface area (Å²) in [5, 5.41) is 1.69. The lowest BCUT2D eigenvalue weighted by Gasteiger charge is -2.21. The van der Waals surface area contributed by atoms with Crippen LogP contribution in [0.4, 0.5) is 36.8 Å². The molecule has 0 unspecified atom stereocenters. The van der Waals surface area contributed by atoms with Gasteiger partial charge in [0.15, 0.2) is 0 Å². The van der Waals surface area contributed by atoms with Crippen molar-refractivity contribution in [2.24, 2.45) is 0 Å². The fourth-order valence-corrected chi connectivity index (χ4v) is 3.13. The average molecular weight is 533 g/mol. The van der Waals surface area contributed by atoms with Crippen LogP contribution in [0.15, 0.2) is 54.6 Å². The molecule has 0 bridgehead atoms. The monoisotopic (exact) mass is 532 g/mol. The number of benzene rings is 3. The van der Waals surface area contributed by atoms with E-state index in [0.29, 0.717) is 11.0 Å². The van der Waals surface area contributed by atoms with Gasteiger partial charge in [-0.2, -0.15) is 13.2 Å². The van der Waals surface area contributed by atoms with Gasteiger partial charge in [-0.15, -0.1) is 0 Å². The number of carbonyl (C=O) groups is 2. The molecule has 3 aromatic rings. The van der Waals surface area contributed by atoms with Crippen molar-refractivity contribution in [1.82, 2.24) is 4.90 Å². The molecule has 190 valence electrons. The van der Waals surface area contributed by atoms with Crippen LogP contribution < -0.4 is 10.1 Å². The van der Waals surface area contributed by atoms with E-state index in [2.05, 4.69) is 5.32 Å². The zero-order chi connectivity index (χ0) is 26.6. The summed E-state index contributed by atoms with van der Waals surface area (Å²) in [7, 11) is 1.12. The Kier molecular flexibility index (Phi) is 8.10. The summed E-state index contributed by atoms with van der Waals surface area (Å²) in [6.07, 6.45) is -4.62. The summed E-state index contributed by atoms with van der Waals surface area (Å²) in [4.78, 5) is 25.5. The number of hydrogen-bond donors (Lipinski definition) is 1. The lowest BCUT2D eigenvalue weighted by molar-refractivity contribution is -0.137. The number of alkyl halides is 3. The zero-order valence-corrected chi connectivity index (χ0v) is 18.9. The van der Waals surface area contributed by atoms with Crippen LogP contribution >= 0.6 is 11.6 Å². The molecule has 0 heterocycles. The van der Waals surface area contributed by atoms with Crippen molar-refractivity contribution >= 4 is 29.2 Å². The van der Waals surface area contributed by atoms with Gasteiger partial charge in [-0.05, 0) is 42.5 Å². The molecule has 0 aliphatic rings. The van der Waals surface area contributed by atoms with Crippen LogP contribution in [-0.2, 0) is 10.9 Å². The molecule has 3 aromatic carbocycles. The van der Waals surface area contributed by atoms with E-state index in [9.17, 15) is 35.9 Å². The molecule has 3 amide bonds. The number of rotatable bonds is 6. The quantitative estimate of drug-likeness (QED) is 0.279. The fraction of sp³-hybridized carbons (Fsp3) is 0.130. The third-order valence-electron chi connectivity index (χ3n) is 4.59. The number of urea groups is 1. The van der Waals surface area contributed by atoms with Gasteiger partial charge in [0, 0.05) is 13.2 Å². The van der Waals surface area contributed by atoms with Crippen LogP contribution in [0.2, 0.25) is 5.02 Å². The number of hydrogen-bond acceptors (Lipinski definition) is 4. The number of halogens is 7. The number of amides is 3. The molecule has 0 aliphatic carbocycles. The zero-order valence-electron chi connectivity index (χ0n) is 18.1. The van der Waals surface area contributed by atoms with Gasteiger partial charge in [0.1, 0.15) is 41.2 Å². The molecule has 0 radical (unpaired) electrons. The molecule has 0 aromatic heterocycles. The molecule has 1 N–H and O–H groups in total. The molecule has 0 atom stereocenters. The molecule has 3 rings (SSSR count). The predicted molar refractivity (Wildman–Crippen MR) is 116 cm³/mol. The van der Waals surface area contributed by atoms with Crippen molar-refractivity contribution in [3.8, 4) is 11.5 Å². The van der Waals surface area contributed by atoms with E-state index in [-0.39, 0.29) is 16.5 Å². The van der Waals surface area contributed by atoms with Crippen LogP contribution in [0.25, 0.3) is 0 Å². The topological polar surface area (TPSA) is 67.9 Å². The van der Waals surface area contributed by atoms with Gasteiger partial charge >= 0.3 is 12.2 Å². The van der Waals surface area contributed by atoms with Crippen molar-refractivity contribution in [2.75, 3.05) is 19.2 Å².